The fourth-order valence-corrected chi connectivity index (χ4v) is 7.82. The number of rotatable bonds is 6. The zero-order valence-corrected chi connectivity index (χ0v) is 28.2. The second kappa shape index (κ2) is 12.1. The number of nitrogens with zero attached hydrogens (tertiary/aromatic N) is 3. The van der Waals surface area contributed by atoms with E-state index in [0.717, 1.165) is 55.9 Å². The van der Waals surface area contributed by atoms with Crippen LogP contribution in [0.25, 0.3) is 66.1 Å². The quantitative estimate of drug-likeness (QED) is 0.172. The lowest BCUT2D eigenvalue weighted by atomic mass is 10.1. The maximum Gasteiger partial charge on any atom is 0.123 e. The van der Waals surface area contributed by atoms with Crippen LogP contribution >= 0.6 is 0 Å². The molecule has 8 aromatic carbocycles. The van der Waals surface area contributed by atoms with Gasteiger partial charge in [-0.1, -0.05) is 103 Å². The van der Waals surface area contributed by atoms with Crippen LogP contribution in [0.3, 0.4) is 0 Å². The van der Waals surface area contributed by atoms with E-state index in [1.165, 1.54) is 39.4 Å². The zero-order chi connectivity index (χ0) is 34.6. The molecule has 2 heterocycles. The molecule has 0 atom stereocenters. The molecule has 0 amide bonds. The first-order chi connectivity index (χ1) is 25.7. The van der Waals surface area contributed by atoms with Crippen molar-refractivity contribution in [2.75, 3.05) is 4.90 Å². The first kappa shape index (κ1) is 30.0. The number of anilines is 3. The number of benzene rings is 8. The third-order valence-electron chi connectivity index (χ3n) is 10.1. The van der Waals surface area contributed by atoms with E-state index in [9.17, 15) is 4.39 Å². The Hall–Kier alpha value is -6.91. The predicted octanol–water partition coefficient (Wildman–Crippen LogP) is 13.2. The van der Waals surface area contributed by atoms with Crippen molar-refractivity contribution in [3.8, 4) is 22.5 Å². The van der Waals surface area contributed by atoms with Crippen LogP contribution in [-0.2, 0) is 0 Å². The Balaban J connectivity index is 1.19. The molecule has 0 radical (unpaired) electrons. The molecule has 0 spiro atoms. The Morgan fingerprint density at radius 1 is 0.327 bits per heavy atom. The molecule has 0 unspecified atom stereocenters. The standard InChI is InChI=1S/C48H32FN3/c49-35-22-24-37(25-23-35)50(40-26-28-43-41-18-7-9-20-45(41)51(48(43)32-40)36-15-5-2-6-16-36)39-27-29-47-44(31-39)42-19-8-10-21-46(42)52(47)38-17-11-14-34(30-38)33-12-3-1-4-13-33/h1-32H. The maximum atomic E-state index is 14.4. The van der Waals surface area contributed by atoms with Gasteiger partial charge in [0, 0.05) is 50.0 Å². The van der Waals surface area contributed by atoms with E-state index >= 15 is 0 Å². The highest BCUT2D eigenvalue weighted by atomic mass is 19.1. The minimum absolute atomic E-state index is 0.264. The molecule has 0 fully saturated rings. The predicted molar refractivity (Wildman–Crippen MR) is 215 cm³/mol. The van der Waals surface area contributed by atoms with Crippen molar-refractivity contribution < 1.29 is 4.39 Å². The molecular weight excluding hydrogens is 638 g/mol. The Labute approximate surface area is 300 Å². The van der Waals surface area contributed by atoms with E-state index in [1.807, 2.05) is 24.3 Å². The summed E-state index contributed by atoms with van der Waals surface area (Å²) in [4.78, 5) is 2.23. The van der Waals surface area contributed by atoms with Crippen LogP contribution in [0.5, 0.6) is 0 Å². The SMILES string of the molecule is Fc1ccc(N(c2ccc3c(c2)c2ccccc2n3-c2cccc(-c3ccccc3)c2)c2ccc3c4ccccc4n(-c4ccccc4)c3c2)cc1. The normalized spacial score (nSPS) is 11.6. The molecule has 0 bridgehead atoms. The van der Waals surface area contributed by atoms with Gasteiger partial charge in [-0.25, -0.2) is 4.39 Å². The summed E-state index contributed by atoms with van der Waals surface area (Å²) in [6.45, 7) is 0. The smallest absolute Gasteiger partial charge is 0.123 e. The lowest BCUT2D eigenvalue weighted by molar-refractivity contribution is 0.628. The van der Waals surface area contributed by atoms with Gasteiger partial charge in [0.25, 0.3) is 0 Å². The van der Waals surface area contributed by atoms with Crippen molar-refractivity contribution in [2.24, 2.45) is 0 Å². The number of fused-ring (bicyclic) bond motifs is 6. The fraction of sp³-hybridized carbons (Fsp3) is 0. The Bertz CT molecular complexity index is 2900. The van der Waals surface area contributed by atoms with Gasteiger partial charge in [0.15, 0.2) is 0 Å². The van der Waals surface area contributed by atoms with Crippen molar-refractivity contribution in [1.82, 2.24) is 9.13 Å². The van der Waals surface area contributed by atoms with Crippen molar-refractivity contribution >= 4 is 60.7 Å². The molecule has 0 aliphatic carbocycles. The number of hydrogen-bond donors (Lipinski definition) is 0. The number of aromatic nitrogens is 2. The van der Waals surface area contributed by atoms with Gasteiger partial charge >= 0.3 is 0 Å². The molecule has 2 aromatic heterocycles. The third-order valence-corrected chi connectivity index (χ3v) is 10.1. The van der Waals surface area contributed by atoms with Crippen molar-refractivity contribution in [3.63, 3.8) is 0 Å². The van der Waals surface area contributed by atoms with Crippen molar-refractivity contribution in [1.29, 1.82) is 0 Å². The summed E-state index contributed by atoms with van der Waals surface area (Å²) in [5, 5.41) is 4.69. The Morgan fingerprint density at radius 3 is 1.60 bits per heavy atom. The summed E-state index contributed by atoms with van der Waals surface area (Å²) in [7, 11) is 0. The number of para-hydroxylation sites is 3. The van der Waals surface area contributed by atoms with Crippen molar-refractivity contribution in [3.05, 3.63) is 200 Å². The van der Waals surface area contributed by atoms with Crippen molar-refractivity contribution in [2.45, 2.75) is 0 Å². The largest absolute Gasteiger partial charge is 0.310 e. The molecule has 3 nitrogen and oxygen atoms in total. The zero-order valence-electron chi connectivity index (χ0n) is 28.2. The minimum atomic E-state index is -0.264. The first-order valence-electron chi connectivity index (χ1n) is 17.5. The van der Waals surface area contributed by atoms with E-state index in [4.69, 9.17) is 0 Å². The van der Waals surface area contributed by atoms with Crippen LogP contribution in [0.15, 0.2) is 194 Å². The van der Waals surface area contributed by atoms with Gasteiger partial charge in [-0.05, 0) is 102 Å². The molecule has 52 heavy (non-hydrogen) atoms. The number of hydrogen-bond acceptors (Lipinski definition) is 1. The summed E-state index contributed by atoms with van der Waals surface area (Å²) in [6, 6.07) is 67.0. The van der Waals surface area contributed by atoms with Gasteiger partial charge in [-0.3, -0.25) is 0 Å². The topological polar surface area (TPSA) is 13.1 Å². The highest BCUT2D eigenvalue weighted by molar-refractivity contribution is 6.12. The molecule has 0 saturated heterocycles. The molecule has 0 aliphatic rings. The average molecular weight is 670 g/mol. The Morgan fingerprint density at radius 2 is 0.846 bits per heavy atom. The summed E-state index contributed by atoms with van der Waals surface area (Å²) >= 11 is 0. The van der Waals surface area contributed by atoms with Crippen LogP contribution < -0.4 is 4.90 Å². The van der Waals surface area contributed by atoms with Crippen LogP contribution in [0.2, 0.25) is 0 Å². The van der Waals surface area contributed by atoms with Crippen LogP contribution in [0, 0.1) is 5.82 Å². The summed E-state index contributed by atoms with van der Waals surface area (Å²) in [5.74, 6) is -0.264. The van der Waals surface area contributed by atoms with E-state index in [0.29, 0.717) is 0 Å². The molecule has 0 N–H and O–H groups in total. The highest BCUT2D eigenvalue weighted by Crippen LogP contribution is 2.42. The van der Waals surface area contributed by atoms with Gasteiger partial charge < -0.3 is 14.0 Å². The second-order valence-corrected chi connectivity index (χ2v) is 13.2. The lowest BCUT2D eigenvalue weighted by Gasteiger charge is -2.26. The van der Waals surface area contributed by atoms with Crippen LogP contribution in [-0.4, -0.2) is 9.13 Å². The van der Waals surface area contributed by atoms with E-state index in [-0.39, 0.29) is 5.82 Å². The van der Waals surface area contributed by atoms with Gasteiger partial charge in [-0.15, -0.1) is 0 Å². The molecule has 10 aromatic rings. The highest BCUT2D eigenvalue weighted by Gasteiger charge is 2.20. The van der Waals surface area contributed by atoms with Gasteiger partial charge in [-0.2, -0.15) is 0 Å². The van der Waals surface area contributed by atoms with Crippen LogP contribution in [0.1, 0.15) is 0 Å². The van der Waals surface area contributed by atoms with Crippen LogP contribution in [0.4, 0.5) is 21.5 Å². The van der Waals surface area contributed by atoms with Gasteiger partial charge in [0.05, 0.1) is 22.1 Å². The summed E-state index contributed by atoms with van der Waals surface area (Å²) in [6.07, 6.45) is 0. The van der Waals surface area contributed by atoms with Gasteiger partial charge in [0.1, 0.15) is 5.82 Å². The van der Waals surface area contributed by atoms with Gasteiger partial charge in [0.2, 0.25) is 0 Å². The summed E-state index contributed by atoms with van der Waals surface area (Å²) in [5.41, 5.74) is 11.9. The lowest BCUT2D eigenvalue weighted by Crippen LogP contribution is -2.10. The minimum Gasteiger partial charge on any atom is -0.310 e. The Kier molecular flexibility index (Phi) is 7.00. The molecular formula is C48H32FN3. The van der Waals surface area contributed by atoms with E-state index in [1.54, 1.807) is 0 Å². The third kappa shape index (κ3) is 4.88. The van der Waals surface area contributed by atoms with E-state index < -0.39 is 0 Å². The number of halogens is 1. The fourth-order valence-electron chi connectivity index (χ4n) is 7.82. The summed E-state index contributed by atoms with van der Waals surface area (Å²) < 4.78 is 19.1. The first-order valence-corrected chi connectivity index (χ1v) is 17.5. The average Bonchev–Trinajstić information content (AvgIpc) is 3.72. The second-order valence-electron chi connectivity index (χ2n) is 13.2. The van der Waals surface area contributed by atoms with E-state index in [2.05, 4.69) is 172 Å². The molecule has 246 valence electrons. The molecule has 0 aliphatic heterocycles. The maximum absolute atomic E-state index is 14.4. The monoisotopic (exact) mass is 669 g/mol. The molecule has 0 saturated carbocycles. The molecule has 4 heteroatoms. The molecule has 10 rings (SSSR count).